The Balaban J connectivity index is 1.74. The molecule has 0 fully saturated rings. The summed E-state index contributed by atoms with van der Waals surface area (Å²) in [5.74, 6) is 0.534. The smallest absolute Gasteiger partial charge is 0.234 e. The van der Waals surface area contributed by atoms with Crippen molar-refractivity contribution in [1.29, 1.82) is 0 Å². The first kappa shape index (κ1) is 20.1. The third-order valence-corrected chi connectivity index (χ3v) is 6.99. The third kappa shape index (κ3) is 4.38. The molecule has 0 saturated carbocycles. The predicted molar refractivity (Wildman–Crippen MR) is 120 cm³/mol. The number of fused-ring (bicyclic) bond motifs is 1. The van der Waals surface area contributed by atoms with E-state index in [1.807, 2.05) is 18.2 Å². The molecule has 1 amide bonds. The summed E-state index contributed by atoms with van der Waals surface area (Å²) in [6.07, 6.45) is 3.67. The molecule has 3 heterocycles. The molecule has 0 saturated heterocycles. The van der Waals surface area contributed by atoms with Gasteiger partial charge in [-0.15, -0.1) is 11.3 Å². The van der Waals surface area contributed by atoms with Gasteiger partial charge in [-0.05, 0) is 35.9 Å². The van der Waals surface area contributed by atoms with Crippen LogP contribution in [-0.2, 0) is 17.8 Å². The number of carbonyl (C=O) groups is 1. The minimum absolute atomic E-state index is 0.0819. The van der Waals surface area contributed by atoms with E-state index in [-0.39, 0.29) is 12.3 Å². The largest absolute Gasteiger partial charge is 0.494 e. The van der Waals surface area contributed by atoms with E-state index < -0.39 is 0 Å². The molecule has 0 bridgehead atoms. The van der Waals surface area contributed by atoms with Crippen molar-refractivity contribution in [2.45, 2.75) is 13.0 Å². The number of ether oxygens (including phenoxy) is 1. The van der Waals surface area contributed by atoms with E-state index in [4.69, 9.17) is 27.9 Å². The number of benzene rings is 1. The fourth-order valence-electron chi connectivity index (χ4n) is 2.85. The molecule has 29 heavy (non-hydrogen) atoms. The first-order chi connectivity index (χ1) is 14.0. The standard InChI is InChI=1S/C20H15Cl2N3O2S2/c1-27-15-6-5-14(21)19-18(15)24-20(29-19)25(11-12-3-2-8-23-10-12)17(26)9-13-4-7-16(22)28-13/h2-8,10H,9,11H2,1H3. The SMILES string of the molecule is COc1ccc(Cl)c2sc(N(Cc3cccnc3)C(=O)Cc3ccc(Cl)s3)nc12. The van der Waals surface area contributed by atoms with Crippen molar-refractivity contribution in [3.8, 4) is 5.75 Å². The Labute approximate surface area is 185 Å². The summed E-state index contributed by atoms with van der Waals surface area (Å²) in [4.78, 5) is 24.6. The van der Waals surface area contributed by atoms with Crippen LogP contribution in [0, 0.1) is 0 Å². The van der Waals surface area contributed by atoms with Gasteiger partial charge < -0.3 is 4.74 Å². The summed E-state index contributed by atoms with van der Waals surface area (Å²) in [7, 11) is 1.58. The first-order valence-corrected chi connectivity index (χ1v) is 11.0. The highest BCUT2D eigenvalue weighted by atomic mass is 35.5. The van der Waals surface area contributed by atoms with Gasteiger partial charge in [0.25, 0.3) is 0 Å². The maximum Gasteiger partial charge on any atom is 0.234 e. The number of anilines is 1. The lowest BCUT2D eigenvalue weighted by atomic mass is 10.2. The van der Waals surface area contributed by atoms with Crippen molar-refractivity contribution < 1.29 is 9.53 Å². The second-order valence-electron chi connectivity index (χ2n) is 6.15. The number of pyridine rings is 1. The van der Waals surface area contributed by atoms with Gasteiger partial charge in [-0.1, -0.05) is 40.6 Å². The Morgan fingerprint density at radius 1 is 1.17 bits per heavy atom. The molecule has 0 aliphatic heterocycles. The van der Waals surface area contributed by atoms with Crippen molar-refractivity contribution in [2.24, 2.45) is 0 Å². The van der Waals surface area contributed by atoms with Gasteiger partial charge in [-0.2, -0.15) is 0 Å². The summed E-state index contributed by atoms with van der Waals surface area (Å²) in [5.41, 5.74) is 1.55. The molecule has 3 aromatic heterocycles. The number of thiazole rings is 1. The lowest BCUT2D eigenvalue weighted by molar-refractivity contribution is -0.118. The molecule has 9 heteroatoms. The van der Waals surface area contributed by atoms with E-state index in [0.717, 1.165) is 15.1 Å². The zero-order valence-corrected chi connectivity index (χ0v) is 18.4. The third-order valence-electron chi connectivity index (χ3n) is 4.22. The van der Waals surface area contributed by atoms with E-state index in [1.54, 1.807) is 42.6 Å². The average molecular weight is 464 g/mol. The van der Waals surface area contributed by atoms with Crippen molar-refractivity contribution in [2.75, 3.05) is 12.0 Å². The lowest BCUT2D eigenvalue weighted by Crippen LogP contribution is -2.31. The molecule has 0 aliphatic carbocycles. The number of nitrogens with zero attached hydrogens (tertiary/aromatic N) is 3. The second kappa shape index (κ2) is 8.67. The molecule has 0 atom stereocenters. The number of methoxy groups -OCH3 is 1. The maximum absolute atomic E-state index is 13.2. The monoisotopic (exact) mass is 463 g/mol. The minimum Gasteiger partial charge on any atom is -0.494 e. The zero-order chi connectivity index (χ0) is 20.4. The van der Waals surface area contributed by atoms with Crippen LogP contribution in [0.4, 0.5) is 5.13 Å². The topological polar surface area (TPSA) is 55.3 Å². The van der Waals surface area contributed by atoms with Crippen LogP contribution in [0.2, 0.25) is 9.36 Å². The molecule has 0 aliphatic rings. The van der Waals surface area contributed by atoms with Crippen LogP contribution in [0.3, 0.4) is 0 Å². The number of aromatic nitrogens is 2. The number of carbonyl (C=O) groups excluding carboxylic acids is 1. The van der Waals surface area contributed by atoms with Crippen LogP contribution in [-0.4, -0.2) is 23.0 Å². The molecular formula is C20H15Cl2N3O2S2. The minimum atomic E-state index is -0.0819. The molecule has 5 nitrogen and oxygen atoms in total. The highest BCUT2D eigenvalue weighted by Crippen LogP contribution is 2.39. The van der Waals surface area contributed by atoms with Crippen LogP contribution in [0.15, 0.2) is 48.8 Å². The molecular weight excluding hydrogens is 449 g/mol. The van der Waals surface area contributed by atoms with E-state index in [0.29, 0.717) is 32.3 Å². The molecule has 0 N–H and O–H groups in total. The Morgan fingerprint density at radius 2 is 2.03 bits per heavy atom. The summed E-state index contributed by atoms with van der Waals surface area (Å²) in [6.45, 7) is 0.353. The number of thiophene rings is 1. The fraction of sp³-hybridized carbons (Fsp3) is 0.150. The number of amides is 1. The van der Waals surface area contributed by atoms with Gasteiger partial charge in [-0.3, -0.25) is 14.7 Å². The normalized spacial score (nSPS) is 11.0. The number of hydrogen-bond acceptors (Lipinski definition) is 6. The highest BCUT2D eigenvalue weighted by molar-refractivity contribution is 7.23. The summed E-state index contributed by atoms with van der Waals surface area (Å²) < 4.78 is 6.85. The van der Waals surface area contributed by atoms with Crippen LogP contribution in [0.25, 0.3) is 10.2 Å². The Kier molecular flexibility index (Phi) is 6.01. The van der Waals surface area contributed by atoms with Gasteiger partial charge in [0, 0.05) is 17.3 Å². The van der Waals surface area contributed by atoms with Gasteiger partial charge in [0.2, 0.25) is 5.91 Å². The Morgan fingerprint density at radius 3 is 2.72 bits per heavy atom. The summed E-state index contributed by atoms with van der Waals surface area (Å²) >= 11 is 15.1. The van der Waals surface area contributed by atoms with Crippen molar-refractivity contribution in [1.82, 2.24) is 9.97 Å². The van der Waals surface area contributed by atoms with E-state index in [2.05, 4.69) is 9.97 Å². The van der Waals surface area contributed by atoms with Gasteiger partial charge in [0.05, 0.1) is 34.1 Å². The van der Waals surface area contributed by atoms with Gasteiger partial charge in [-0.25, -0.2) is 4.98 Å². The van der Waals surface area contributed by atoms with Gasteiger partial charge >= 0.3 is 0 Å². The molecule has 4 aromatic rings. The fourth-order valence-corrected chi connectivity index (χ4v) is 5.20. The number of halogens is 2. The molecule has 148 valence electrons. The average Bonchev–Trinajstić information content (AvgIpc) is 3.34. The Bertz CT molecular complexity index is 1160. The maximum atomic E-state index is 13.2. The summed E-state index contributed by atoms with van der Waals surface area (Å²) in [5, 5.41) is 1.13. The van der Waals surface area contributed by atoms with Crippen LogP contribution >= 0.6 is 45.9 Å². The molecule has 4 rings (SSSR count). The van der Waals surface area contributed by atoms with Crippen molar-refractivity contribution >= 4 is 67.1 Å². The van der Waals surface area contributed by atoms with Crippen LogP contribution < -0.4 is 9.64 Å². The zero-order valence-electron chi connectivity index (χ0n) is 15.3. The van der Waals surface area contributed by atoms with E-state index in [9.17, 15) is 4.79 Å². The van der Waals surface area contributed by atoms with Crippen LogP contribution in [0.5, 0.6) is 5.75 Å². The van der Waals surface area contributed by atoms with Crippen molar-refractivity contribution in [3.63, 3.8) is 0 Å². The highest BCUT2D eigenvalue weighted by Gasteiger charge is 2.23. The molecule has 1 aromatic carbocycles. The predicted octanol–water partition coefficient (Wildman–Crippen LogP) is 5.84. The molecule has 0 unspecified atom stereocenters. The van der Waals surface area contributed by atoms with E-state index in [1.165, 1.54) is 22.7 Å². The van der Waals surface area contributed by atoms with Gasteiger partial charge in [0.1, 0.15) is 11.3 Å². The lowest BCUT2D eigenvalue weighted by Gasteiger charge is -2.19. The molecule has 0 spiro atoms. The van der Waals surface area contributed by atoms with Crippen molar-refractivity contribution in [3.05, 3.63) is 68.6 Å². The number of hydrogen-bond donors (Lipinski definition) is 0. The van der Waals surface area contributed by atoms with E-state index >= 15 is 0 Å². The first-order valence-electron chi connectivity index (χ1n) is 8.61. The van der Waals surface area contributed by atoms with Crippen LogP contribution in [0.1, 0.15) is 10.4 Å². The second-order valence-corrected chi connectivity index (χ2v) is 9.33. The number of rotatable bonds is 6. The summed E-state index contributed by atoms with van der Waals surface area (Å²) in [6, 6.07) is 11.0. The quantitative estimate of drug-likeness (QED) is 0.360. The van der Waals surface area contributed by atoms with Gasteiger partial charge in [0.15, 0.2) is 5.13 Å². The molecule has 0 radical (unpaired) electrons. The Hall–Kier alpha value is -2.19.